The van der Waals surface area contributed by atoms with Gasteiger partial charge in [-0.15, -0.1) is 0 Å². The Morgan fingerprint density at radius 3 is 2.43 bits per heavy atom. The zero-order valence-corrected chi connectivity index (χ0v) is 26.4. The third-order valence-electron chi connectivity index (χ3n) is 7.86. The quantitative estimate of drug-likeness (QED) is 0.169. The highest BCUT2D eigenvalue weighted by molar-refractivity contribution is 7.91. The second-order valence-electron chi connectivity index (χ2n) is 11.3. The first-order valence-corrected chi connectivity index (χ1v) is 16.8. The van der Waals surface area contributed by atoms with Gasteiger partial charge in [-0.05, 0) is 54.8 Å². The molecule has 2 N–H and O–H groups in total. The molecule has 1 unspecified atom stereocenters. The van der Waals surface area contributed by atoms with Gasteiger partial charge in [0, 0.05) is 36.1 Å². The van der Waals surface area contributed by atoms with Gasteiger partial charge in [-0.3, -0.25) is 4.79 Å². The van der Waals surface area contributed by atoms with Crippen LogP contribution in [0.15, 0.2) is 101 Å². The van der Waals surface area contributed by atoms with Crippen molar-refractivity contribution in [3.8, 4) is 11.3 Å². The lowest BCUT2D eigenvalue weighted by Crippen LogP contribution is -2.24. The van der Waals surface area contributed by atoms with Gasteiger partial charge >= 0.3 is 0 Å². The maximum Gasteiger partial charge on any atom is 0.286 e. The highest BCUT2D eigenvalue weighted by Crippen LogP contribution is 2.28. The van der Waals surface area contributed by atoms with Gasteiger partial charge in [0.05, 0.1) is 42.1 Å². The summed E-state index contributed by atoms with van der Waals surface area (Å²) in [6.45, 7) is 3.23. The van der Waals surface area contributed by atoms with E-state index in [0.29, 0.717) is 11.3 Å². The second kappa shape index (κ2) is 13.8. The first-order chi connectivity index (χ1) is 22.7. The van der Waals surface area contributed by atoms with Gasteiger partial charge in [-0.1, -0.05) is 54.6 Å². The van der Waals surface area contributed by atoms with Crippen molar-refractivity contribution in [3.05, 3.63) is 135 Å². The average molecular weight is 658 g/mol. The van der Waals surface area contributed by atoms with Crippen molar-refractivity contribution in [2.75, 3.05) is 29.5 Å². The summed E-state index contributed by atoms with van der Waals surface area (Å²) >= 11 is 0. The molecule has 5 aromatic rings. The minimum Gasteiger partial charge on any atom is -0.382 e. The fraction of sp³-hybridized carbons (Fsp3) is 0.229. The van der Waals surface area contributed by atoms with Crippen LogP contribution in [-0.4, -0.2) is 41.8 Å². The molecule has 0 saturated carbocycles. The summed E-state index contributed by atoms with van der Waals surface area (Å²) in [6.07, 6.45) is 0.872. The van der Waals surface area contributed by atoms with Crippen LogP contribution in [0.2, 0.25) is 0 Å². The number of aromatic nitrogens is 3. The molecular weight excluding hydrogens is 624 g/mol. The Bertz CT molecular complexity index is 2070. The van der Waals surface area contributed by atoms with Crippen LogP contribution in [-0.2, 0) is 27.7 Å². The molecule has 47 heavy (non-hydrogen) atoms. The number of nitrogens with zero attached hydrogens (tertiary/aromatic N) is 3. The van der Waals surface area contributed by atoms with Crippen LogP contribution in [0.1, 0.15) is 34.9 Å². The number of hydrogen-bond acceptors (Lipinski definition) is 8. The summed E-state index contributed by atoms with van der Waals surface area (Å²) < 4.78 is 63.7. The average Bonchev–Trinajstić information content (AvgIpc) is 3.07. The summed E-state index contributed by atoms with van der Waals surface area (Å²) in [5.74, 6) is -1.76. The highest BCUT2D eigenvalue weighted by atomic mass is 32.2. The molecule has 0 radical (unpaired) electrons. The number of anilines is 2. The molecule has 0 fully saturated rings. The predicted octanol–water partition coefficient (Wildman–Crippen LogP) is 5.90. The number of hydrogen-bond donors (Lipinski definition) is 2. The molecule has 242 valence electrons. The predicted molar refractivity (Wildman–Crippen MR) is 176 cm³/mol. The molecule has 12 heteroatoms. The number of rotatable bonds is 11. The number of sulfone groups is 1. The number of nitrogens with one attached hydrogen (secondary N) is 2. The number of aryl methyl sites for hydroxylation is 1. The van der Waals surface area contributed by atoms with E-state index in [-0.39, 0.29) is 36.6 Å². The van der Waals surface area contributed by atoms with Crippen LogP contribution in [0.5, 0.6) is 0 Å². The van der Waals surface area contributed by atoms with Gasteiger partial charge in [0.15, 0.2) is 5.82 Å². The fourth-order valence-corrected chi connectivity index (χ4v) is 6.67. The molecule has 1 aliphatic rings. The standard InChI is InChI=1S/C35H33F2N5O4S/c1-23-17-31(27-19-29(37)34(43)42(21-27)20-24-11-12-30-32(18-24)39-15-14-38-30)41-35(40-23)47(44,45)16-13-33(25-7-3-2-4-8-25)46-22-26-9-5-6-10-28(26)36/h2-12,17-19,21,33,38-39H,13-16,20,22H2,1H3. The summed E-state index contributed by atoms with van der Waals surface area (Å²) in [5, 5.41) is 6.17. The van der Waals surface area contributed by atoms with Crippen molar-refractivity contribution in [1.29, 1.82) is 0 Å². The molecule has 0 amide bonds. The number of benzene rings is 3. The van der Waals surface area contributed by atoms with Gasteiger partial charge in [0.1, 0.15) is 5.82 Å². The van der Waals surface area contributed by atoms with Crippen LogP contribution in [0.25, 0.3) is 11.3 Å². The lowest BCUT2D eigenvalue weighted by Gasteiger charge is -2.20. The molecule has 0 saturated heterocycles. The van der Waals surface area contributed by atoms with E-state index in [4.69, 9.17) is 4.74 Å². The van der Waals surface area contributed by atoms with Gasteiger partial charge in [-0.2, -0.15) is 0 Å². The van der Waals surface area contributed by atoms with Crippen LogP contribution < -0.4 is 16.2 Å². The van der Waals surface area contributed by atoms with E-state index in [9.17, 15) is 22.0 Å². The van der Waals surface area contributed by atoms with Crippen molar-refractivity contribution in [1.82, 2.24) is 14.5 Å². The molecule has 2 aromatic heterocycles. The van der Waals surface area contributed by atoms with Gasteiger partial charge < -0.3 is 19.9 Å². The Balaban J connectivity index is 1.24. The number of pyridine rings is 1. The van der Waals surface area contributed by atoms with E-state index in [2.05, 4.69) is 20.6 Å². The van der Waals surface area contributed by atoms with Crippen molar-refractivity contribution in [2.24, 2.45) is 0 Å². The normalized spacial score (nSPS) is 13.3. The van der Waals surface area contributed by atoms with Crippen LogP contribution in [0.4, 0.5) is 20.2 Å². The van der Waals surface area contributed by atoms with Gasteiger partial charge in [0.25, 0.3) is 5.56 Å². The van der Waals surface area contributed by atoms with E-state index in [1.165, 1.54) is 16.8 Å². The minimum atomic E-state index is -4.04. The van der Waals surface area contributed by atoms with E-state index >= 15 is 0 Å². The zero-order chi connectivity index (χ0) is 33.0. The van der Waals surface area contributed by atoms with E-state index in [1.807, 2.05) is 48.5 Å². The highest BCUT2D eigenvalue weighted by Gasteiger charge is 2.24. The van der Waals surface area contributed by atoms with Crippen molar-refractivity contribution in [2.45, 2.75) is 37.8 Å². The maximum absolute atomic E-state index is 15.0. The lowest BCUT2D eigenvalue weighted by molar-refractivity contribution is 0.0361. The van der Waals surface area contributed by atoms with E-state index in [0.717, 1.165) is 41.7 Å². The topological polar surface area (TPSA) is 115 Å². The summed E-state index contributed by atoms with van der Waals surface area (Å²) in [5.41, 5.74) is 3.67. The first kappa shape index (κ1) is 32.0. The maximum atomic E-state index is 15.0. The Hall–Kier alpha value is -4.94. The molecule has 1 aliphatic heterocycles. The molecule has 0 bridgehead atoms. The third-order valence-corrected chi connectivity index (χ3v) is 9.37. The number of halogens is 2. The molecule has 3 heterocycles. The van der Waals surface area contributed by atoms with Crippen molar-refractivity contribution < 1.29 is 21.9 Å². The Morgan fingerprint density at radius 2 is 1.64 bits per heavy atom. The number of fused-ring (bicyclic) bond motifs is 1. The first-order valence-electron chi connectivity index (χ1n) is 15.2. The molecule has 1 atom stereocenters. The monoisotopic (exact) mass is 657 g/mol. The third kappa shape index (κ3) is 7.55. The molecule has 0 spiro atoms. The Morgan fingerprint density at radius 1 is 0.894 bits per heavy atom. The second-order valence-corrected chi connectivity index (χ2v) is 13.3. The largest absolute Gasteiger partial charge is 0.382 e. The Kier molecular flexibility index (Phi) is 9.41. The summed E-state index contributed by atoms with van der Waals surface area (Å²) in [7, 11) is -4.04. The van der Waals surface area contributed by atoms with Crippen molar-refractivity contribution in [3.63, 3.8) is 0 Å². The van der Waals surface area contributed by atoms with Gasteiger partial charge in [-0.25, -0.2) is 27.2 Å². The molecule has 0 aliphatic carbocycles. The Labute approximate surface area is 271 Å². The van der Waals surface area contributed by atoms with Crippen LogP contribution in [0.3, 0.4) is 0 Å². The summed E-state index contributed by atoms with van der Waals surface area (Å²) in [6, 6.07) is 23.6. The summed E-state index contributed by atoms with van der Waals surface area (Å²) in [4.78, 5) is 21.3. The SMILES string of the molecule is Cc1cc(-c2cc(F)c(=O)n(Cc3ccc4c(c3)NCCN4)c2)nc(S(=O)(=O)CCC(OCc2ccccc2F)c2ccccc2)n1. The zero-order valence-electron chi connectivity index (χ0n) is 25.6. The van der Waals surface area contributed by atoms with Gasteiger partial charge in [0.2, 0.25) is 15.0 Å². The number of ether oxygens (including phenoxy) is 1. The molecule has 3 aromatic carbocycles. The van der Waals surface area contributed by atoms with E-state index < -0.39 is 38.3 Å². The molecule has 6 rings (SSSR count). The van der Waals surface area contributed by atoms with Crippen LogP contribution >= 0.6 is 0 Å². The lowest BCUT2D eigenvalue weighted by atomic mass is 10.1. The molecule has 9 nitrogen and oxygen atoms in total. The van der Waals surface area contributed by atoms with E-state index in [1.54, 1.807) is 31.2 Å². The fourth-order valence-electron chi connectivity index (χ4n) is 5.44. The molecular formula is C35H33F2N5O4S. The minimum absolute atomic E-state index is 0.0441. The van der Waals surface area contributed by atoms with Crippen molar-refractivity contribution >= 4 is 21.2 Å². The smallest absolute Gasteiger partial charge is 0.286 e. The van der Waals surface area contributed by atoms with Crippen LogP contribution in [0, 0.1) is 18.6 Å².